The fraction of sp³-hybridized carbons (Fsp3) is 0.0417. The largest absolute Gasteiger partial charge is 0.345 e. The Kier molecular flexibility index (Phi) is 4.93. The van der Waals surface area contributed by atoms with E-state index < -0.39 is 0 Å². The summed E-state index contributed by atoms with van der Waals surface area (Å²) >= 11 is 1.56. The van der Waals surface area contributed by atoms with E-state index in [0.29, 0.717) is 22.9 Å². The van der Waals surface area contributed by atoms with Crippen LogP contribution in [0.15, 0.2) is 78.6 Å². The number of nitrogens with zero attached hydrogens (tertiary/aromatic N) is 2. The zero-order valence-corrected chi connectivity index (χ0v) is 17.5. The minimum Gasteiger partial charge on any atom is -0.345 e. The number of anilines is 3. The molecule has 0 atom stereocenters. The number of rotatable bonds is 5. The van der Waals surface area contributed by atoms with Gasteiger partial charge in [-0.05, 0) is 30.7 Å². The number of H-pyrrole nitrogens is 1. The van der Waals surface area contributed by atoms with Crippen LogP contribution in [0, 0.1) is 6.92 Å². The van der Waals surface area contributed by atoms with E-state index in [1.165, 1.54) is 0 Å². The van der Waals surface area contributed by atoms with Crippen LogP contribution in [0.3, 0.4) is 0 Å². The first kappa shape index (κ1) is 19.0. The normalized spacial score (nSPS) is 10.9. The van der Waals surface area contributed by atoms with E-state index in [2.05, 4.69) is 25.6 Å². The molecule has 0 fully saturated rings. The molecule has 152 valence electrons. The number of imidazole rings is 1. The smallest absolute Gasteiger partial charge is 0.257 e. The molecule has 0 aliphatic heterocycles. The summed E-state index contributed by atoms with van der Waals surface area (Å²) in [4.78, 5) is 25.1. The van der Waals surface area contributed by atoms with Crippen LogP contribution in [0.4, 0.5) is 17.2 Å². The Morgan fingerprint density at radius 3 is 2.71 bits per heavy atom. The first-order chi connectivity index (χ1) is 15.2. The van der Waals surface area contributed by atoms with Gasteiger partial charge in [0.15, 0.2) is 5.82 Å². The molecular formula is C24H19N5OS. The van der Waals surface area contributed by atoms with Gasteiger partial charge in [-0.1, -0.05) is 36.4 Å². The summed E-state index contributed by atoms with van der Waals surface area (Å²) < 4.78 is 1.08. The Hall–Kier alpha value is -3.97. The lowest BCUT2D eigenvalue weighted by molar-refractivity contribution is 0.102. The number of hydrogen-bond acceptors (Lipinski definition) is 5. The van der Waals surface area contributed by atoms with Crippen molar-refractivity contribution >= 4 is 44.5 Å². The van der Waals surface area contributed by atoms with Crippen molar-refractivity contribution in [3.8, 4) is 11.4 Å². The number of amides is 1. The number of benzene rings is 2. The summed E-state index contributed by atoms with van der Waals surface area (Å²) in [6.07, 6.45) is 5.17. The van der Waals surface area contributed by atoms with Crippen LogP contribution < -0.4 is 10.6 Å². The van der Waals surface area contributed by atoms with E-state index in [0.717, 1.165) is 26.9 Å². The lowest BCUT2D eigenvalue weighted by Crippen LogP contribution is -2.13. The molecule has 5 rings (SSSR count). The molecular weight excluding hydrogens is 406 g/mol. The number of hydrogen-bond donors (Lipinski definition) is 3. The van der Waals surface area contributed by atoms with Gasteiger partial charge in [0.2, 0.25) is 0 Å². The maximum absolute atomic E-state index is 13.2. The summed E-state index contributed by atoms with van der Waals surface area (Å²) in [5.74, 6) is 1.08. The van der Waals surface area contributed by atoms with Gasteiger partial charge in [-0.2, -0.15) is 0 Å². The molecule has 0 aliphatic rings. The van der Waals surface area contributed by atoms with Crippen LogP contribution >= 0.6 is 11.3 Å². The van der Waals surface area contributed by atoms with Crippen molar-refractivity contribution in [3.63, 3.8) is 0 Å². The van der Waals surface area contributed by atoms with Crippen molar-refractivity contribution in [2.75, 3.05) is 10.6 Å². The van der Waals surface area contributed by atoms with Gasteiger partial charge >= 0.3 is 0 Å². The van der Waals surface area contributed by atoms with Gasteiger partial charge in [-0.25, -0.2) is 9.97 Å². The number of aryl methyl sites for hydroxylation is 1. The highest BCUT2D eigenvalue weighted by Gasteiger charge is 2.16. The molecule has 2 aromatic carbocycles. The van der Waals surface area contributed by atoms with Gasteiger partial charge in [-0.3, -0.25) is 4.79 Å². The van der Waals surface area contributed by atoms with Crippen LogP contribution in [0.2, 0.25) is 0 Å². The van der Waals surface area contributed by atoms with E-state index in [-0.39, 0.29) is 5.91 Å². The zero-order valence-electron chi connectivity index (χ0n) is 16.7. The van der Waals surface area contributed by atoms with Crippen LogP contribution in [-0.2, 0) is 0 Å². The van der Waals surface area contributed by atoms with Crippen molar-refractivity contribution in [3.05, 3.63) is 89.7 Å². The molecule has 0 bridgehead atoms. The SMILES string of the molecule is Cc1ccccc1Nc1ncc(-c2ncc[nH]2)cc1NC(=O)c1csc2ccccc12. The van der Waals surface area contributed by atoms with Crippen molar-refractivity contribution in [1.82, 2.24) is 15.0 Å². The molecule has 0 aliphatic carbocycles. The minimum absolute atomic E-state index is 0.177. The monoisotopic (exact) mass is 425 g/mol. The molecule has 7 heteroatoms. The second kappa shape index (κ2) is 8.04. The average molecular weight is 426 g/mol. The van der Waals surface area contributed by atoms with E-state index >= 15 is 0 Å². The van der Waals surface area contributed by atoms with E-state index in [9.17, 15) is 4.79 Å². The fourth-order valence-corrected chi connectivity index (χ4v) is 4.34. The standard InChI is InChI=1S/C24H19N5OS/c1-15-6-2-4-8-19(15)28-23-20(12-16(13-27-23)22-25-10-11-26-22)29-24(30)18-14-31-21-9-5-3-7-17(18)21/h2-14H,1H3,(H,25,26)(H,27,28)(H,29,30). The quantitative estimate of drug-likeness (QED) is 0.323. The number of nitrogens with one attached hydrogen (secondary N) is 3. The topological polar surface area (TPSA) is 82.7 Å². The number of aromatic amines is 1. The predicted octanol–water partition coefficient (Wildman–Crippen LogP) is 5.99. The number of aromatic nitrogens is 3. The number of pyridine rings is 1. The molecule has 0 saturated heterocycles. The van der Waals surface area contributed by atoms with Crippen LogP contribution in [0.25, 0.3) is 21.5 Å². The van der Waals surface area contributed by atoms with Crippen LogP contribution in [0.5, 0.6) is 0 Å². The first-order valence-electron chi connectivity index (χ1n) is 9.79. The van der Waals surface area contributed by atoms with E-state index in [1.54, 1.807) is 29.9 Å². The third kappa shape index (κ3) is 3.78. The molecule has 0 spiro atoms. The molecule has 31 heavy (non-hydrogen) atoms. The van der Waals surface area contributed by atoms with Gasteiger partial charge in [0, 0.05) is 45.3 Å². The maximum Gasteiger partial charge on any atom is 0.257 e. The Balaban J connectivity index is 1.53. The molecule has 0 unspecified atom stereocenters. The first-order valence-corrected chi connectivity index (χ1v) is 10.7. The van der Waals surface area contributed by atoms with Gasteiger partial charge in [0.1, 0.15) is 5.82 Å². The highest BCUT2D eigenvalue weighted by atomic mass is 32.1. The second-order valence-electron chi connectivity index (χ2n) is 7.10. The summed E-state index contributed by atoms with van der Waals surface area (Å²) in [6.45, 7) is 2.02. The van der Waals surface area contributed by atoms with E-state index in [1.807, 2.05) is 66.9 Å². The summed E-state index contributed by atoms with van der Waals surface area (Å²) in [6, 6.07) is 17.7. The number of carbonyl (C=O) groups is 1. The number of carbonyl (C=O) groups excluding carboxylic acids is 1. The fourth-order valence-electron chi connectivity index (χ4n) is 3.40. The van der Waals surface area contributed by atoms with Gasteiger partial charge in [0.25, 0.3) is 5.91 Å². The van der Waals surface area contributed by atoms with Gasteiger partial charge in [0.05, 0.1) is 11.3 Å². The van der Waals surface area contributed by atoms with Crippen LogP contribution in [-0.4, -0.2) is 20.9 Å². The molecule has 3 aromatic heterocycles. The Labute approximate surface area is 183 Å². The van der Waals surface area contributed by atoms with Crippen LogP contribution in [0.1, 0.15) is 15.9 Å². The Morgan fingerprint density at radius 1 is 1.03 bits per heavy atom. The second-order valence-corrected chi connectivity index (χ2v) is 8.01. The summed E-state index contributed by atoms with van der Waals surface area (Å²) in [5, 5.41) is 9.22. The van der Waals surface area contributed by atoms with Crippen molar-refractivity contribution < 1.29 is 4.79 Å². The minimum atomic E-state index is -0.177. The zero-order chi connectivity index (χ0) is 21.2. The lowest BCUT2D eigenvalue weighted by atomic mass is 10.1. The Bertz CT molecular complexity index is 1370. The summed E-state index contributed by atoms with van der Waals surface area (Å²) in [5.41, 5.74) is 4.02. The highest BCUT2D eigenvalue weighted by molar-refractivity contribution is 7.17. The number of fused-ring (bicyclic) bond motifs is 1. The molecule has 6 nitrogen and oxygen atoms in total. The predicted molar refractivity (Wildman–Crippen MR) is 126 cm³/mol. The molecule has 5 aromatic rings. The summed E-state index contributed by atoms with van der Waals surface area (Å²) in [7, 11) is 0. The van der Waals surface area contributed by atoms with Crippen molar-refractivity contribution in [2.45, 2.75) is 6.92 Å². The van der Waals surface area contributed by atoms with Gasteiger partial charge in [-0.15, -0.1) is 11.3 Å². The third-order valence-corrected chi connectivity index (χ3v) is 5.99. The molecule has 1 amide bonds. The maximum atomic E-state index is 13.2. The van der Waals surface area contributed by atoms with E-state index in [4.69, 9.17) is 0 Å². The number of para-hydroxylation sites is 1. The third-order valence-electron chi connectivity index (χ3n) is 5.03. The number of thiophene rings is 1. The average Bonchev–Trinajstić information content (AvgIpc) is 3.46. The molecule has 0 saturated carbocycles. The molecule has 3 N–H and O–H groups in total. The highest BCUT2D eigenvalue weighted by Crippen LogP contribution is 2.31. The van der Waals surface area contributed by atoms with Gasteiger partial charge < -0.3 is 15.6 Å². The Morgan fingerprint density at radius 2 is 1.87 bits per heavy atom. The van der Waals surface area contributed by atoms with Crippen molar-refractivity contribution in [2.24, 2.45) is 0 Å². The molecule has 3 heterocycles. The van der Waals surface area contributed by atoms with Crippen molar-refractivity contribution in [1.29, 1.82) is 0 Å². The molecule has 0 radical (unpaired) electrons. The lowest BCUT2D eigenvalue weighted by Gasteiger charge is -2.14.